The van der Waals surface area contributed by atoms with Crippen LogP contribution in [0.3, 0.4) is 0 Å². The molecule has 0 aliphatic rings. The summed E-state index contributed by atoms with van der Waals surface area (Å²) in [6.07, 6.45) is 0. The standard InChI is InChI=1S/C18H16ClN3O4S/c1-26-16-8-6-12(15-7-9-18(23)22-21-15)10-17(16)27(24,25)20-11-13-4-2-3-5-14(13)19/h2-10,20H,11H2,1H3,(H,22,23). The van der Waals surface area contributed by atoms with E-state index in [1.54, 1.807) is 30.3 Å². The van der Waals surface area contributed by atoms with Crippen molar-refractivity contribution in [3.05, 3.63) is 75.5 Å². The SMILES string of the molecule is COc1ccc(-c2ccc(=O)[nH]n2)cc1S(=O)(=O)NCc1ccccc1Cl. The maximum atomic E-state index is 12.8. The lowest BCUT2D eigenvalue weighted by atomic mass is 10.1. The van der Waals surface area contributed by atoms with Crippen LogP contribution in [-0.4, -0.2) is 25.7 Å². The number of sulfonamides is 1. The van der Waals surface area contributed by atoms with Crippen LogP contribution in [0.4, 0.5) is 0 Å². The van der Waals surface area contributed by atoms with Gasteiger partial charge in [-0.1, -0.05) is 29.8 Å². The summed E-state index contributed by atoms with van der Waals surface area (Å²) in [5.41, 5.74) is 1.26. The van der Waals surface area contributed by atoms with Gasteiger partial charge in [0, 0.05) is 23.2 Å². The molecule has 0 bridgehead atoms. The van der Waals surface area contributed by atoms with E-state index >= 15 is 0 Å². The molecule has 0 unspecified atom stereocenters. The molecule has 0 saturated carbocycles. The molecule has 0 saturated heterocycles. The molecule has 27 heavy (non-hydrogen) atoms. The number of nitrogens with zero attached hydrogens (tertiary/aromatic N) is 1. The minimum atomic E-state index is -3.89. The van der Waals surface area contributed by atoms with Crippen molar-refractivity contribution in [1.29, 1.82) is 0 Å². The fourth-order valence-electron chi connectivity index (χ4n) is 2.44. The first-order valence-corrected chi connectivity index (χ1v) is 9.74. The number of halogens is 1. The number of nitrogens with one attached hydrogen (secondary N) is 2. The highest BCUT2D eigenvalue weighted by Crippen LogP contribution is 2.29. The third-order valence-corrected chi connectivity index (χ3v) is 5.63. The Kier molecular flexibility index (Phi) is 5.59. The fraction of sp³-hybridized carbons (Fsp3) is 0.111. The molecule has 0 spiro atoms. The van der Waals surface area contributed by atoms with Crippen molar-refractivity contribution in [3.8, 4) is 17.0 Å². The number of ether oxygens (including phenoxy) is 1. The van der Waals surface area contributed by atoms with Crippen LogP contribution in [-0.2, 0) is 16.6 Å². The highest BCUT2D eigenvalue weighted by atomic mass is 35.5. The molecule has 140 valence electrons. The van der Waals surface area contributed by atoms with Crippen molar-refractivity contribution in [2.75, 3.05) is 7.11 Å². The highest BCUT2D eigenvalue weighted by Gasteiger charge is 2.21. The normalized spacial score (nSPS) is 11.3. The number of aromatic nitrogens is 2. The van der Waals surface area contributed by atoms with Gasteiger partial charge in [0.05, 0.1) is 12.8 Å². The van der Waals surface area contributed by atoms with E-state index in [4.69, 9.17) is 16.3 Å². The molecule has 0 atom stereocenters. The Bertz CT molecular complexity index is 1110. The van der Waals surface area contributed by atoms with Crippen LogP contribution in [0, 0.1) is 0 Å². The molecule has 3 aromatic rings. The fourth-order valence-corrected chi connectivity index (χ4v) is 3.85. The van der Waals surface area contributed by atoms with Crippen LogP contribution < -0.4 is 15.0 Å². The van der Waals surface area contributed by atoms with Crippen molar-refractivity contribution in [2.45, 2.75) is 11.4 Å². The van der Waals surface area contributed by atoms with E-state index in [1.165, 1.54) is 31.4 Å². The van der Waals surface area contributed by atoms with Gasteiger partial charge in [-0.05, 0) is 35.9 Å². The quantitative estimate of drug-likeness (QED) is 0.656. The van der Waals surface area contributed by atoms with E-state index in [9.17, 15) is 13.2 Å². The third kappa shape index (κ3) is 4.36. The van der Waals surface area contributed by atoms with Crippen molar-refractivity contribution < 1.29 is 13.2 Å². The topological polar surface area (TPSA) is 101 Å². The van der Waals surface area contributed by atoms with Gasteiger partial charge in [-0.3, -0.25) is 4.79 Å². The molecular formula is C18H16ClN3O4S. The number of rotatable bonds is 6. The average Bonchev–Trinajstić information content (AvgIpc) is 2.67. The van der Waals surface area contributed by atoms with E-state index in [2.05, 4.69) is 14.9 Å². The van der Waals surface area contributed by atoms with Gasteiger partial charge in [-0.25, -0.2) is 18.2 Å². The number of methoxy groups -OCH3 is 1. The molecule has 9 heteroatoms. The zero-order chi connectivity index (χ0) is 19.4. The second-order valence-corrected chi connectivity index (χ2v) is 7.73. The molecule has 3 rings (SSSR count). The smallest absolute Gasteiger partial charge is 0.264 e. The first-order valence-electron chi connectivity index (χ1n) is 7.88. The Labute approximate surface area is 161 Å². The number of benzene rings is 2. The molecule has 2 aromatic carbocycles. The van der Waals surface area contributed by atoms with Gasteiger partial charge in [0.1, 0.15) is 10.6 Å². The Morgan fingerprint density at radius 1 is 1.15 bits per heavy atom. The van der Waals surface area contributed by atoms with Gasteiger partial charge in [-0.15, -0.1) is 0 Å². The summed E-state index contributed by atoms with van der Waals surface area (Å²) in [7, 11) is -2.50. The molecule has 1 aromatic heterocycles. The summed E-state index contributed by atoms with van der Waals surface area (Å²) in [6.45, 7) is 0.0340. The van der Waals surface area contributed by atoms with Crippen LogP contribution in [0.15, 0.2) is 64.3 Å². The number of hydrogen-bond acceptors (Lipinski definition) is 5. The highest BCUT2D eigenvalue weighted by molar-refractivity contribution is 7.89. The minimum absolute atomic E-state index is 0.0340. The molecule has 1 heterocycles. The zero-order valence-corrected chi connectivity index (χ0v) is 15.8. The summed E-state index contributed by atoms with van der Waals surface area (Å²) in [6, 6.07) is 14.4. The van der Waals surface area contributed by atoms with Gasteiger partial charge in [0.25, 0.3) is 5.56 Å². The maximum Gasteiger partial charge on any atom is 0.264 e. The van der Waals surface area contributed by atoms with Gasteiger partial charge in [0.15, 0.2) is 0 Å². The Morgan fingerprint density at radius 3 is 2.59 bits per heavy atom. The van der Waals surface area contributed by atoms with Crippen molar-refractivity contribution in [3.63, 3.8) is 0 Å². The van der Waals surface area contributed by atoms with Gasteiger partial charge < -0.3 is 4.74 Å². The molecule has 0 radical (unpaired) electrons. The van der Waals surface area contributed by atoms with Crippen LogP contribution in [0.25, 0.3) is 11.3 Å². The predicted molar refractivity (Wildman–Crippen MR) is 102 cm³/mol. The van der Waals surface area contributed by atoms with Gasteiger partial charge in [0.2, 0.25) is 10.0 Å². The molecule has 0 fully saturated rings. The van der Waals surface area contributed by atoms with E-state index in [1.807, 2.05) is 0 Å². The summed E-state index contributed by atoms with van der Waals surface area (Å²) >= 11 is 6.08. The predicted octanol–water partition coefficient (Wildman–Crippen LogP) is 2.58. The summed E-state index contributed by atoms with van der Waals surface area (Å²) in [5.74, 6) is 0.190. The number of aromatic amines is 1. The molecule has 0 aliphatic carbocycles. The van der Waals surface area contributed by atoms with Crippen LogP contribution in [0.2, 0.25) is 5.02 Å². The Hall–Kier alpha value is -2.68. The third-order valence-electron chi connectivity index (χ3n) is 3.84. The van der Waals surface area contributed by atoms with Crippen LogP contribution in [0.1, 0.15) is 5.56 Å². The van der Waals surface area contributed by atoms with Crippen LogP contribution >= 0.6 is 11.6 Å². The molecule has 7 nitrogen and oxygen atoms in total. The van der Waals surface area contributed by atoms with E-state index < -0.39 is 10.0 Å². The van der Waals surface area contributed by atoms with Crippen molar-refractivity contribution in [1.82, 2.24) is 14.9 Å². The number of hydrogen-bond donors (Lipinski definition) is 2. The van der Waals surface area contributed by atoms with Crippen molar-refractivity contribution in [2.24, 2.45) is 0 Å². The first kappa shape index (κ1) is 19.1. The van der Waals surface area contributed by atoms with E-state index in [0.717, 1.165) is 0 Å². The molecule has 0 aliphatic heterocycles. The van der Waals surface area contributed by atoms with Crippen LogP contribution in [0.5, 0.6) is 5.75 Å². The summed E-state index contributed by atoms with van der Waals surface area (Å²) in [4.78, 5) is 11.1. The Morgan fingerprint density at radius 2 is 1.93 bits per heavy atom. The largest absolute Gasteiger partial charge is 0.495 e. The molecular weight excluding hydrogens is 390 g/mol. The zero-order valence-electron chi connectivity index (χ0n) is 14.3. The summed E-state index contributed by atoms with van der Waals surface area (Å²) in [5, 5.41) is 6.71. The van der Waals surface area contributed by atoms with Gasteiger partial charge >= 0.3 is 0 Å². The lowest BCUT2D eigenvalue weighted by Gasteiger charge is -2.13. The molecule has 0 amide bonds. The van der Waals surface area contributed by atoms with Gasteiger partial charge in [-0.2, -0.15) is 5.10 Å². The maximum absolute atomic E-state index is 12.8. The Balaban J connectivity index is 1.95. The monoisotopic (exact) mass is 405 g/mol. The van der Waals surface area contributed by atoms with E-state index in [-0.39, 0.29) is 22.7 Å². The lowest BCUT2D eigenvalue weighted by molar-refractivity contribution is 0.402. The lowest BCUT2D eigenvalue weighted by Crippen LogP contribution is -2.24. The van der Waals surface area contributed by atoms with E-state index in [0.29, 0.717) is 21.8 Å². The molecule has 2 N–H and O–H groups in total. The summed E-state index contributed by atoms with van der Waals surface area (Å²) < 4.78 is 33.4. The minimum Gasteiger partial charge on any atom is -0.495 e. The number of H-pyrrole nitrogens is 1. The second-order valence-electron chi connectivity index (χ2n) is 5.59. The van der Waals surface area contributed by atoms with Crippen molar-refractivity contribution >= 4 is 21.6 Å². The average molecular weight is 406 g/mol. The second kappa shape index (κ2) is 7.91. The first-order chi connectivity index (χ1) is 12.9.